The number of carbonyl (C=O) groups is 2. The van der Waals surface area contributed by atoms with Gasteiger partial charge in [0.2, 0.25) is 11.8 Å². The van der Waals surface area contributed by atoms with E-state index < -0.39 is 86.3 Å². The quantitative estimate of drug-likeness (QED) is 0.165. The number of carbonyl (C=O) groups excluding carboxylic acids is 2. The van der Waals surface area contributed by atoms with Crippen molar-refractivity contribution in [2.75, 3.05) is 19.8 Å². The van der Waals surface area contributed by atoms with Gasteiger partial charge in [-0.1, -0.05) is 6.08 Å². The van der Waals surface area contributed by atoms with Crippen LogP contribution in [0, 0.1) is 0 Å². The molecule has 7 N–H and O–H groups in total. The van der Waals surface area contributed by atoms with Crippen molar-refractivity contribution >= 4 is 11.8 Å². The van der Waals surface area contributed by atoms with Crippen LogP contribution in [0.15, 0.2) is 12.7 Å². The first-order valence-corrected chi connectivity index (χ1v) is 10.1. The van der Waals surface area contributed by atoms with Crippen molar-refractivity contribution in [1.82, 2.24) is 10.6 Å². The molecule has 184 valence electrons. The van der Waals surface area contributed by atoms with Crippen LogP contribution < -0.4 is 10.6 Å². The number of aliphatic hydroxyl groups is 5. The highest BCUT2D eigenvalue weighted by molar-refractivity contribution is 5.73. The van der Waals surface area contributed by atoms with E-state index in [4.69, 9.17) is 18.9 Å². The average molecular weight is 464 g/mol. The summed E-state index contributed by atoms with van der Waals surface area (Å²) in [5.41, 5.74) is 0. The molecule has 2 fully saturated rings. The van der Waals surface area contributed by atoms with Gasteiger partial charge in [-0.05, 0) is 0 Å². The van der Waals surface area contributed by atoms with Gasteiger partial charge < -0.3 is 55.1 Å². The molecule has 0 radical (unpaired) electrons. The zero-order valence-corrected chi connectivity index (χ0v) is 17.9. The van der Waals surface area contributed by atoms with E-state index in [1.807, 2.05) is 0 Å². The van der Waals surface area contributed by atoms with Gasteiger partial charge in [-0.2, -0.15) is 0 Å². The number of rotatable bonds is 9. The van der Waals surface area contributed by atoms with Crippen molar-refractivity contribution in [1.29, 1.82) is 0 Å². The van der Waals surface area contributed by atoms with Gasteiger partial charge >= 0.3 is 0 Å². The van der Waals surface area contributed by atoms with Gasteiger partial charge in [-0.25, -0.2) is 0 Å². The van der Waals surface area contributed by atoms with Crippen LogP contribution in [0.1, 0.15) is 13.8 Å². The largest absolute Gasteiger partial charge is 0.394 e. The summed E-state index contributed by atoms with van der Waals surface area (Å²) in [6.07, 6.45) is -9.43. The molecule has 0 bridgehead atoms. The van der Waals surface area contributed by atoms with E-state index in [-0.39, 0.29) is 6.61 Å². The minimum atomic E-state index is -1.57. The molecule has 2 heterocycles. The Morgan fingerprint density at radius 3 is 1.94 bits per heavy atom. The number of amides is 2. The van der Waals surface area contributed by atoms with Gasteiger partial charge in [0.1, 0.15) is 48.7 Å². The summed E-state index contributed by atoms with van der Waals surface area (Å²) in [6, 6.07) is -2.38. The van der Waals surface area contributed by atoms with Crippen molar-refractivity contribution in [2.45, 2.75) is 75.1 Å². The van der Waals surface area contributed by atoms with Gasteiger partial charge in [0, 0.05) is 13.8 Å². The summed E-state index contributed by atoms with van der Waals surface area (Å²) in [6.45, 7) is 4.69. The van der Waals surface area contributed by atoms with Crippen molar-refractivity contribution in [2.24, 2.45) is 0 Å². The maximum Gasteiger partial charge on any atom is 0.217 e. The number of ether oxygens (including phenoxy) is 4. The van der Waals surface area contributed by atoms with Crippen molar-refractivity contribution < 1.29 is 54.1 Å². The van der Waals surface area contributed by atoms with E-state index in [2.05, 4.69) is 17.2 Å². The lowest BCUT2D eigenvalue weighted by Gasteiger charge is -2.48. The summed E-state index contributed by atoms with van der Waals surface area (Å²) >= 11 is 0. The molecule has 0 aliphatic carbocycles. The first-order valence-electron chi connectivity index (χ1n) is 10.1. The molecular weight excluding hydrogens is 432 g/mol. The molecule has 2 rings (SSSR count). The molecule has 0 spiro atoms. The summed E-state index contributed by atoms with van der Waals surface area (Å²) in [5, 5.41) is 55.7. The third kappa shape index (κ3) is 6.21. The Morgan fingerprint density at radius 2 is 1.44 bits per heavy atom. The highest BCUT2D eigenvalue weighted by atomic mass is 16.7. The number of nitrogens with one attached hydrogen (secondary N) is 2. The summed E-state index contributed by atoms with van der Waals surface area (Å²) in [5.74, 6) is -1.05. The molecule has 0 unspecified atom stereocenters. The Hall–Kier alpha value is -1.68. The van der Waals surface area contributed by atoms with Crippen LogP contribution in [-0.2, 0) is 28.5 Å². The monoisotopic (exact) mass is 464 g/mol. The van der Waals surface area contributed by atoms with Crippen LogP contribution in [0.2, 0.25) is 0 Å². The minimum absolute atomic E-state index is 0.0374. The van der Waals surface area contributed by atoms with E-state index in [0.717, 1.165) is 0 Å². The van der Waals surface area contributed by atoms with Crippen molar-refractivity contribution in [3.63, 3.8) is 0 Å². The molecule has 10 atom stereocenters. The fourth-order valence-electron chi connectivity index (χ4n) is 3.67. The van der Waals surface area contributed by atoms with Crippen molar-refractivity contribution in [3.05, 3.63) is 12.7 Å². The van der Waals surface area contributed by atoms with Gasteiger partial charge in [-0.3, -0.25) is 9.59 Å². The zero-order chi connectivity index (χ0) is 24.0. The molecular formula is C19H32N2O11. The van der Waals surface area contributed by atoms with E-state index in [9.17, 15) is 35.1 Å². The lowest BCUT2D eigenvalue weighted by molar-refractivity contribution is -0.331. The standard InChI is InChI=1S/C19H32N2O11/c1-4-5-29-18-13(21-9(3)25)16(28)17(11(7-23)31-18)32-19-12(20-8(2)24)15(27)14(26)10(6-22)30-19/h4,10-19,22-23,26-28H,1,5-7H2,2-3H3,(H,20,24)(H,21,25)/t10-,11-,12-,13-,14+,15-,16-,17-,18+,19+/m1/s1. The Kier molecular flexibility index (Phi) is 9.94. The molecule has 0 aromatic carbocycles. The molecule has 2 aliphatic rings. The Balaban J connectivity index is 2.29. The van der Waals surface area contributed by atoms with Gasteiger partial charge in [0.05, 0.1) is 19.8 Å². The van der Waals surface area contributed by atoms with E-state index in [0.29, 0.717) is 0 Å². The molecule has 0 aromatic heterocycles. The summed E-state index contributed by atoms with van der Waals surface area (Å²) in [4.78, 5) is 23.3. The highest BCUT2D eigenvalue weighted by Gasteiger charge is 2.51. The second kappa shape index (κ2) is 12.0. The lowest BCUT2D eigenvalue weighted by Crippen LogP contribution is -2.69. The third-order valence-electron chi connectivity index (χ3n) is 5.14. The topological polar surface area (TPSA) is 196 Å². The predicted molar refractivity (Wildman–Crippen MR) is 106 cm³/mol. The minimum Gasteiger partial charge on any atom is -0.394 e. The Morgan fingerprint density at radius 1 is 0.906 bits per heavy atom. The van der Waals surface area contributed by atoms with E-state index in [1.165, 1.54) is 19.9 Å². The molecule has 2 amide bonds. The Labute approximate surface area is 184 Å². The van der Waals surface area contributed by atoms with Crippen LogP contribution in [0.5, 0.6) is 0 Å². The van der Waals surface area contributed by atoms with Crippen LogP contribution >= 0.6 is 0 Å². The van der Waals surface area contributed by atoms with E-state index in [1.54, 1.807) is 0 Å². The van der Waals surface area contributed by atoms with Crippen LogP contribution in [0.3, 0.4) is 0 Å². The zero-order valence-electron chi connectivity index (χ0n) is 17.9. The molecule has 0 saturated carbocycles. The summed E-state index contributed by atoms with van der Waals surface area (Å²) in [7, 11) is 0. The van der Waals surface area contributed by atoms with Crippen LogP contribution in [0.25, 0.3) is 0 Å². The van der Waals surface area contributed by atoms with Crippen molar-refractivity contribution in [3.8, 4) is 0 Å². The Bertz CT molecular complexity index is 651. The second-order valence-electron chi connectivity index (χ2n) is 7.60. The normalized spacial score (nSPS) is 39.8. The number of hydrogen-bond acceptors (Lipinski definition) is 11. The fourth-order valence-corrected chi connectivity index (χ4v) is 3.67. The predicted octanol–water partition coefficient (Wildman–Crippen LogP) is -3.90. The number of aliphatic hydroxyl groups excluding tert-OH is 5. The van der Waals surface area contributed by atoms with Crippen LogP contribution in [0.4, 0.5) is 0 Å². The summed E-state index contributed by atoms with van der Waals surface area (Å²) < 4.78 is 22.4. The fraction of sp³-hybridized carbons (Fsp3) is 0.789. The van der Waals surface area contributed by atoms with Crippen LogP contribution in [-0.4, -0.2) is 118 Å². The highest BCUT2D eigenvalue weighted by Crippen LogP contribution is 2.29. The average Bonchev–Trinajstić information content (AvgIpc) is 2.74. The molecule has 13 heteroatoms. The molecule has 0 aromatic rings. The molecule has 32 heavy (non-hydrogen) atoms. The smallest absolute Gasteiger partial charge is 0.217 e. The first-order chi connectivity index (χ1) is 15.1. The van der Waals surface area contributed by atoms with Gasteiger partial charge in [0.25, 0.3) is 0 Å². The maximum absolute atomic E-state index is 11.7. The molecule has 13 nitrogen and oxygen atoms in total. The third-order valence-corrected chi connectivity index (χ3v) is 5.14. The van der Waals surface area contributed by atoms with E-state index >= 15 is 0 Å². The lowest BCUT2D eigenvalue weighted by atomic mass is 9.94. The van der Waals surface area contributed by atoms with Gasteiger partial charge in [0.15, 0.2) is 12.6 Å². The van der Waals surface area contributed by atoms with Gasteiger partial charge in [-0.15, -0.1) is 6.58 Å². The first kappa shape index (κ1) is 26.6. The second-order valence-corrected chi connectivity index (χ2v) is 7.60. The number of hydrogen-bond donors (Lipinski definition) is 7. The molecule has 2 aliphatic heterocycles. The SMILES string of the molecule is C=CCO[C@H]1O[C@H](CO)[C@@H](O[C@@H]2O[C@H](CO)[C@H](O)[C@H](O)[C@H]2NC(C)=O)[C@H](O)[C@H]1NC(C)=O. The molecule has 2 saturated heterocycles. The maximum atomic E-state index is 11.7.